The average molecular weight is 343 g/mol. The topological polar surface area (TPSA) is 53.1 Å². The van der Waals surface area contributed by atoms with Crippen molar-refractivity contribution >= 4 is 0 Å². The fourth-order valence-electron chi connectivity index (χ4n) is 2.64. The third kappa shape index (κ3) is 3.69. The van der Waals surface area contributed by atoms with Crippen molar-refractivity contribution in [2.45, 2.75) is 12.8 Å². The monoisotopic (exact) mass is 343 g/mol. The summed E-state index contributed by atoms with van der Waals surface area (Å²) < 4.78 is 33.0. The molecule has 130 valence electrons. The molecule has 25 heavy (non-hydrogen) atoms. The Balaban J connectivity index is 2.04. The molecule has 0 aliphatic heterocycles. The molecule has 1 heterocycles. The van der Waals surface area contributed by atoms with E-state index in [2.05, 4.69) is 5.10 Å². The fraction of sp³-hybridized carbons (Fsp3) is 0.211. The van der Waals surface area contributed by atoms with Crippen LogP contribution in [0.25, 0.3) is 16.9 Å². The summed E-state index contributed by atoms with van der Waals surface area (Å²) in [6.45, 7) is 0.568. The van der Waals surface area contributed by atoms with Gasteiger partial charge in [-0.3, -0.25) is 0 Å². The highest BCUT2D eigenvalue weighted by Gasteiger charge is 2.17. The van der Waals surface area contributed by atoms with E-state index in [0.717, 1.165) is 17.5 Å². The van der Waals surface area contributed by atoms with Gasteiger partial charge in [0.1, 0.15) is 11.4 Å². The number of rotatable bonds is 6. The molecule has 0 amide bonds. The Labute approximate surface area is 144 Å². The summed E-state index contributed by atoms with van der Waals surface area (Å²) in [6.07, 6.45) is -1.85. The predicted octanol–water partition coefficient (Wildman–Crippen LogP) is 3.99. The normalized spacial score (nSPS) is 11.1. The molecule has 0 aliphatic rings. The zero-order valence-electron chi connectivity index (χ0n) is 13.8. The molecule has 2 aromatic carbocycles. The lowest BCUT2D eigenvalue weighted by molar-refractivity contribution is 0.145. The van der Waals surface area contributed by atoms with Crippen molar-refractivity contribution in [2.24, 2.45) is 5.73 Å². The highest BCUT2D eigenvalue weighted by atomic mass is 19.3. The van der Waals surface area contributed by atoms with Gasteiger partial charge in [0.25, 0.3) is 6.43 Å². The molecular weight excluding hydrogens is 324 g/mol. The lowest BCUT2D eigenvalue weighted by Crippen LogP contribution is -2.03. The minimum Gasteiger partial charge on any atom is -0.497 e. The number of halogens is 2. The maximum absolute atomic E-state index is 13.2. The molecular formula is C19H19F2N3O. The quantitative estimate of drug-likeness (QED) is 0.736. The third-order valence-electron chi connectivity index (χ3n) is 3.95. The van der Waals surface area contributed by atoms with Crippen LogP contribution in [0.2, 0.25) is 0 Å². The fourth-order valence-corrected chi connectivity index (χ4v) is 2.64. The van der Waals surface area contributed by atoms with Crippen LogP contribution in [0.5, 0.6) is 5.75 Å². The summed E-state index contributed by atoms with van der Waals surface area (Å²) in [5.41, 5.74) is 8.53. The minimum atomic E-state index is -2.63. The summed E-state index contributed by atoms with van der Waals surface area (Å²) in [4.78, 5) is 0. The van der Waals surface area contributed by atoms with Crippen molar-refractivity contribution in [2.75, 3.05) is 13.7 Å². The van der Waals surface area contributed by atoms with Crippen LogP contribution in [0.15, 0.2) is 54.6 Å². The summed E-state index contributed by atoms with van der Waals surface area (Å²) in [6, 6.07) is 16.2. The van der Waals surface area contributed by atoms with Crippen LogP contribution >= 0.6 is 0 Å². The lowest BCUT2D eigenvalue weighted by atomic mass is 10.1. The van der Waals surface area contributed by atoms with E-state index in [1.54, 1.807) is 31.4 Å². The highest BCUT2D eigenvalue weighted by Crippen LogP contribution is 2.29. The summed E-state index contributed by atoms with van der Waals surface area (Å²) in [7, 11) is 1.58. The second-order valence-corrected chi connectivity index (χ2v) is 5.60. The van der Waals surface area contributed by atoms with Gasteiger partial charge >= 0.3 is 0 Å². The van der Waals surface area contributed by atoms with E-state index >= 15 is 0 Å². The van der Waals surface area contributed by atoms with Crippen LogP contribution in [0.4, 0.5) is 8.78 Å². The molecule has 0 fully saturated rings. The third-order valence-corrected chi connectivity index (χ3v) is 3.95. The highest BCUT2D eigenvalue weighted by molar-refractivity contribution is 5.63. The first-order chi connectivity index (χ1) is 12.1. The van der Waals surface area contributed by atoms with Crippen molar-refractivity contribution in [1.82, 2.24) is 9.78 Å². The lowest BCUT2D eigenvalue weighted by Gasteiger charge is -2.09. The van der Waals surface area contributed by atoms with Gasteiger partial charge in [-0.05, 0) is 48.9 Å². The van der Waals surface area contributed by atoms with Gasteiger partial charge in [-0.15, -0.1) is 0 Å². The first-order valence-electron chi connectivity index (χ1n) is 7.94. The number of nitrogens with zero attached hydrogens (tertiary/aromatic N) is 2. The Morgan fingerprint density at radius 1 is 1.08 bits per heavy atom. The number of aromatic nitrogens is 2. The molecule has 0 spiro atoms. The van der Waals surface area contributed by atoms with E-state index in [1.807, 2.05) is 24.3 Å². The number of benzene rings is 2. The van der Waals surface area contributed by atoms with Crippen molar-refractivity contribution in [3.63, 3.8) is 0 Å². The molecule has 0 saturated heterocycles. The van der Waals surface area contributed by atoms with Crippen LogP contribution in [-0.4, -0.2) is 23.4 Å². The van der Waals surface area contributed by atoms with Crippen molar-refractivity contribution < 1.29 is 13.5 Å². The Hall–Kier alpha value is -2.73. The summed E-state index contributed by atoms with van der Waals surface area (Å²) in [5.74, 6) is 0.692. The van der Waals surface area contributed by atoms with Crippen LogP contribution in [0, 0.1) is 0 Å². The summed E-state index contributed by atoms with van der Waals surface area (Å²) in [5, 5.41) is 4.08. The maximum atomic E-state index is 13.2. The first kappa shape index (κ1) is 17.1. The summed E-state index contributed by atoms with van der Waals surface area (Å²) >= 11 is 0. The van der Waals surface area contributed by atoms with Gasteiger partial charge in [0.2, 0.25) is 0 Å². The van der Waals surface area contributed by atoms with Gasteiger partial charge in [0.05, 0.1) is 18.5 Å². The van der Waals surface area contributed by atoms with E-state index in [0.29, 0.717) is 23.7 Å². The van der Waals surface area contributed by atoms with Crippen molar-refractivity contribution in [3.05, 3.63) is 65.9 Å². The second-order valence-electron chi connectivity index (χ2n) is 5.60. The van der Waals surface area contributed by atoms with Gasteiger partial charge in [-0.2, -0.15) is 5.10 Å². The molecule has 0 unspecified atom stereocenters. The van der Waals surface area contributed by atoms with Gasteiger partial charge in [0, 0.05) is 5.56 Å². The Morgan fingerprint density at radius 2 is 1.76 bits per heavy atom. The molecule has 1 aromatic heterocycles. The average Bonchev–Trinajstić information content (AvgIpc) is 3.08. The molecule has 2 N–H and O–H groups in total. The minimum absolute atomic E-state index is 0.253. The molecule has 4 nitrogen and oxygen atoms in total. The van der Waals surface area contributed by atoms with E-state index in [1.165, 1.54) is 10.7 Å². The van der Waals surface area contributed by atoms with Crippen molar-refractivity contribution in [1.29, 1.82) is 0 Å². The predicted molar refractivity (Wildman–Crippen MR) is 93.3 cm³/mol. The molecule has 0 saturated carbocycles. The van der Waals surface area contributed by atoms with E-state index < -0.39 is 6.43 Å². The van der Waals surface area contributed by atoms with E-state index in [-0.39, 0.29) is 5.69 Å². The molecule has 0 bridgehead atoms. The molecule has 3 aromatic rings. The van der Waals surface area contributed by atoms with Gasteiger partial charge in [-0.1, -0.05) is 24.3 Å². The maximum Gasteiger partial charge on any atom is 0.282 e. The largest absolute Gasteiger partial charge is 0.497 e. The van der Waals surface area contributed by atoms with Crippen LogP contribution in [-0.2, 0) is 6.42 Å². The number of hydrogen-bond acceptors (Lipinski definition) is 3. The second kappa shape index (κ2) is 7.44. The zero-order chi connectivity index (χ0) is 17.8. The first-order valence-corrected chi connectivity index (χ1v) is 7.94. The van der Waals surface area contributed by atoms with Crippen LogP contribution < -0.4 is 10.5 Å². The number of alkyl halides is 2. The standard InChI is InChI=1S/C19H19F2N3O/c1-25-16-8-6-15(7-9-16)24-18(12-17(23-24)19(20)21)14-4-2-13(3-5-14)10-11-22/h2-9,12,19H,10-11,22H2,1H3. The number of methoxy groups -OCH3 is 1. The van der Waals surface area contributed by atoms with Gasteiger partial charge in [0.15, 0.2) is 0 Å². The SMILES string of the molecule is COc1ccc(-n2nc(C(F)F)cc2-c2ccc(CCN)cc2)cc1. The van der Waals surface area contributed by atoms with Crippen molar-refractivity contribution in [3.8, 4) is 22.7 Å². The molecule has 0 atom stereocenters. The van der Waals surface area contributed by atoms with Gasteiger partial charge < -0.3 is 10.5 Å². The Kier molecular flexibility index (Phi) is 5.09. The van der Waals surface area contributed by atoms with Crippen LogP contribution in [0.3, 0.4) is 0 Å². The Bertz CT molecular complexity index is 827. The van der Waals surface area contributed by atoms with Gasteiger partial charge in [-0.25, -0.2) is 13.5 Å². The molecule has 0 radical (unpaired) electrons. The molecule has 6 heteroatoms. The van der Waals surface area contributed by atoms with Crippen LogP contribution in [0.1, 0.15) is 17.7 Å². The number of nitrogens with two attached hydrogens (primary N) is 1. The smallest absolute Gasteiger partial charge is 0.282 e. The molecule has 0 aliphatic carbocycles. The van der Waals surface area contributed by atoms with E-state index in [4.69, 9.17) is 10.5 Å². The number of hydrogen-bond donors (Lipinski definition) is 1. The van der Waals surface area contributed by atoms with E-state index in [9.17, 15) is 8.78 Å². The molecule has 3 rings (SSSR count). The number of ether oxygens (including phenoxy) is 1. The Morgan fingerprint density at radius 3 is 2.32 bits per heavy atom. The zero-order valence-corrected chi connectivity index (χ0v) is 13.8.